The van der Waals surface area contributed by atoms with Crippen molar-refractivity contribution in [3.8, 4) is 0 Å². The molecule has 0 aliphatic heterocycles. The van der Waals surface area contributed by atoms with Crippen LogP contribution in [0.15, 0.2) is 18.3 Å². The molecule has 0 fully saturated rings. The van der Waals surface area contributed by atoms with Gasteiger partial charge in [0.05, 0.1) is 6.42 Å². The van der Waals surface area contributed by atoms with Crippen molar-refractivity contribution in [3.05, 3.63) is 29.6 Å². The molecular weight excluding hydrogens is 220 g/mol. The zero-order valence-corrected chi connectivity index (χ0v) is 10.2. The maximum atomic E-state index is 11.9. The molecule has 0 unspecified atom stereocenters. The van der Waals surface area contributed by atoms with E-state index in [0.717, 1.165) is 5.56 Å². The Bertz CT molecular complexity index is 441. The Hall–Kier alpha value is -1.91. The van der Waals surface area contributed by atoms with Gasteiger partial charge in [-0.15, -0.1) is 0 Å². The summed E-state index contributed by atoms with van der Waals surface area (Å²) in [6.45, 7) is 5.11. The van der Waals surface area contributed by atoms with Crippen LogP contribution in [0, 0.1) is 6.92 Å². The molecule has 0 saturated heterocycles. The third-order valence-electron chi connectivity index (χ3n) is 2.27. The topological polar surface area (TPSA) is 79.3 Å². The first kappa shape index (κ1) is 13.2. The standard InChI is InChI=1S/C12H16N2O3/c1-8-5-4-6-13-10(8)11(17)14-12(2,3)7-9(15)16/h4-6H,7H2,1-3H3,(H,14,17)(H,15,16). The van der Waals surface area contributed by atoms with Gasteiger partial charge in [0, 0.05) is 11.7 Å². The number of rotatable bonds is 4. The van der Waals surface area contributed by atoms with E-state index in [2.05, 4.69) is 10.3 Å². The fourth-order valence-electron chi connectivity index (χ4n) is 1.51. The first-order valence-corrected chi connectivity index (χ1v) is 5.28. The molecule has 0 aliphatic carbocycles. The molecule has 0 aliphatic rings. The minimum atomic E-state index is -0.951. The smallest absolute Gasteiger partial charge is 0.305 e. The molecule has 1 heterocycles. The van der Waals surface area contributed by atoms with Crippen LogP contribution in [0.3, 0.4) is 0 Å². The molecule has 2 N–H and O–H groups in total. The minimum Gasteiger partial charge on any atom is -0.481 e. The van der Waals surface area contributed by atoms with Gasteiger partial charge >= 0.3 is 5.97 Å². The molecule has 1 amide bonds. The number of pyridine rings is 1. The summed E-state index contributed by atoms with van der Waals surface area (Å²) in [4.78, 5) is 26.5. The molecule has 1 aromatic heterocycles. The van der Waals surface area contributed by atoms with Crippen LogP contribution in [0.1, 0.15) is 36.3 Å². The number of aliphatic carboxylic acids is 1. The summed E-state index contributed by atoms with van der Waals surface area (Å²) < 4.78 is 0. The van der Waals surface area contributed by atoms with Gasteiger partial charge in [0.2, 0.25) is 0 Å². The second-order valence-corrected chi connectivity index (χ2v) is 4.58. The molecule has 0 saturated carbocycles. The van der Waals surface area contributed by atoms with E-state index < -0.39 is 11.5 Å². The van der Waals surface area contributed by atoms with Crippen molar-refractivity contribution < 1.29 is 14.7 Å². The number of nitrogens with zero attached hydrogens (tertiary/aromatic N) is 1. The maximum Gasteiger partial charge on any atom is 0.305 e. The van der Waals surface area contributed by atoms with Gasteiger partial charge in [-0.25, -0.2) is 0 Å². The Labute approximate surface area is 99.9 Å². The van der Waals surface area contributed by atoms with Crippen LogP contribution in [0.25, 0.3) is 0 Å². The average molecular weight is 236 g/mol. The molecule has 17 heavy (non-hydrogen) atoms. The minimum absolute atomic E-state index is 0.134. The number of hydrogen-bond acceptors (Lipinski definition) is 3. The monoisotopic (exact) mass is 236 g/mol. The number of carbonyl (C=O) groups is 2. The average Bonchev–Trinajstić information content (AvgIpc) is 2.14. The van der Waals surface area contributed by atoms with Gasteiger partial charge in [0.25, 0.3) is 5.91 Å². The molecular formula is C12H16N2O3. The number of carbonyl (C=O) groups excluding carboxylic acids is 1. The fourth-order valence-corrected chi connectivity index (χ4v) is 1.51. The lowest BCUT2D eigenvalue weighted by Crippen LogP contribution is -2.45. The second kappa shape index (κ2) is 4.95. The third kappa shape index (κ3) is 3.86. The molecule has 1 rings (SSSR count). The SMILES string of the molecule is Cc1cccnc1C(=O)NC(C)(C)CC(=O)O. The van der Waals surface area contributed by atoms with Crippen molar-refractivity contribution in [2.24, 2.45) is 0 Å². The highest BCUT2D eigenvalue weighted by Crippen LogP contribution is 2.11. The van der Waals surface area contributed by atoms with Crippen LogP contribution in [-0.4, -0.2) is 27.5 Å². The summed E-state index contributed by atoms with van der Waals surface area (Å²) in [5, 5.41) is 11.4. The van der Waals surface area contributed by atoms with Gasteiger partial charge in [-0.3, -0.25) is 14.6 Å². The van der Waals surface area contributed by atoms with Gasteiger partial charge in [0.1, 0.15) is 5.69 Å². The van der Waals surface area contributed by atoms with Crippen LogP contribution in [-0.2, 0) is 4.79 Å². The fraction of sp³-hybridized carbons (Fsp3) is 0.417. The second-order valence-electron chi connectivity index (χ2n) is 4.58. The summed E-state index contributed by atoms with van der Waals surface area (Å²) in [7, 11) is 0. The van der Waals surface area contributed by atoms with Gasteiger partial charge < -0.3 is 10.4 Å². The van der Waals surface area contributed by atoms with E-state index >= 15 is 0 Å². The van der Waals surface area contributed by atoms with Crippen molar-refractivity contribution in [2.75, 3.05) is 0 Å². The molecule has 1 aromatic rings. The highest BCUT2D eigenvalue weighted by Gasteiger charge is 2.25. The molecule has 0 bridgehead atoms. The van der Waals surface area contributed by atoms with E-state index in [1.807, 2.05) is 0 Å². The maximum absolute atomic E-state index is 11.9. The molecule has 92 valence electrons. The number of carboxylic acid groups (broad SMARTS) is 1. The van der Waals surface area contributed by atoms with E-state index in [1.54, 1.807) is 32.9 Å². The number of aryl methyl sites for hydroxylation is 1. The lowest BCUT2D eigenvalue weighted by Gasteiger charge is -2.24. The van der Waals surface area contributed by atoms with Crippen molar-refractivity contribution in [3.63, 3.8) is 0 Å². The Morgan fingerprint density at radius 2 is 2.12 bits per heavy atom. The Kier molecular flexibility index (Phi) is 3.83. The first-order valence-electron chi connectivity index (χ1n) is 5.28. The van der Waals surface area contributed by atoms with E-state index in [0.29, 0.717) is 5.69 Å². The predicted molar refractivity (Wildman–Crippen MR) is 62.8 cm³/mol. The highest BCUT2D eigenvalue weighted by molar-refractivity contribution is 5.94. The van der Waals surface area contributed by atoms with Crippen LogP contribution in [0.5, 0.6) is 0 Å². The van der Waals surface area contributed by atoms with Crippen LogP contribution in [0.4, 0.5) is 0 Å². The number of carboxylic acids is 1. The number of hydrogen-bond donors (Lipinski definition) is 2. The molecule has 0 aromatic carbocycles. The predicted octanol–water partition coefficient (Wildman–Crippen LogP) is 1.37. The zero-order valence-electron chi connectivity index (χ0n) is 10.2. The summed E-state index contributed by atoms with van der Waals surface area (Å²) in [5.41, 5.74) is 0.287. The largest absolute Gasteiger partial charge is 0.481 e. The van der Waals surface area contributed by atoms with Gasteiger partial charge in [-0.2, -0.15) is 0 Å². The molecule has 5 heteroatoms. The highest BCUT2D eigenvalue weighted by atomic mass is 16.4. The molecule has 0 atom stereocenters. The van der Waals surface area contributed by atoms with Crippen molar-refractivity contribution in [1.29, 1.82) is 0 Å². The number of nitrogens with one attached hydrogen (secondary N) is 1. The van der Waals surface area contributed by atoms with E-state index in [-0.39, 0.29) is 12.3 Å². The van der Waals surface area contributed by atoms with Gasteiger partial charge in [-0.1, -0.05) is 6.07 Å². The van der Waals surface area contributed by atoms with Crippen molar-refractivity contribution in [2.45, 2.75) is 32.7 Å². The first-order chi connectivity index (χ1) is 7.82. The number of aromatic nitrogens is 1. The number of amides is 1. The molecule has 0 spiro atoms. The third-order valence-corrected chi connectivity index (χ3v) is 2.27. The normalized spacial score (nSPS) is 11.0. The quantitative estimate of drug-likeness (QED) is 0.827. The summed E-state index contributed by atoms with van der Waals surface area (Å²) >= 11 is 0. The summed E-state index contributed by atoms with van der Waals surface area (Å²) in [5.74, 6) is -1.30. The zero-order chi connectivity index (χ0) is 13.1. The van der Waals surface area contributed by atoms with Gasteiger partial charge in [0.15, 0.2) is 0 Å². The Morgan fingerprint density at radius 3 is 2.65 bits per heavy atom. The summed E-state index contributed by atoms with van der Waals surface area (Å²) in [6.07, 6.45) is 1.40. The lowest BCUT2D eigenvalue weighted by molar-refractivity contribution is -0.138. The molecule has 5 nitrogen and oxygen atoms in total. The Morgan fingerprint density at radius 1 is 1.47 bits per heavy atom. The van der Waals surface area contributed by atoms with Crippen molar-refractivity contribution in [1.82, 2.24) is 10.3 Å². The molecule has 0 radical (unpaired) electrons. The van der Waals surface area contributed by atoms with E-state index in [9.17, 15) is 9.59 Å². The van der Waals surface area contributed by atoms with E-state index in [4.69, 9.17) is 5.11 Å². The van der Waals surface area contributed by atoms with Crippen LogP contribution < -0.4 is 5.32 Å². The van der Waals surface area contributed by atoms with Crippen molar-refractivity contribution >= 4 is 11.9 Å². The van der Waals surface area contributed by atoms with Crippen LogP contribution >= 0.6 is 0 Å². The van der Waals surface area contributed by atoms with Gasteiger partial charge in [-0.05, 0) is 32.4 Å². The van der Waals surface area contributed by atoms with E-state index in [1.165, 1.54) is 6.20 Å². The Balaban J connectivity index is 2.79. The van der Waals surface area contributed by atoms with Crippen LogP contribution in [0.2, 0.25) is 0 Å². The summed E-state index contributed by atoms with van der Waals surface area (Å²) in [6, 6.07) is 3.53. The lowest BCUT2D eigenvalue weighted by atomic mass is 10.0.